The lowest BCUT2D eigenvalue weighted by atomic mass is 9.85. The Hall–Kier alpha value is -0.950. The van der Waals surface area contributed by atoms with E-state index >= 15 is 0 Å². The molecule has 0 aromatic heterocycles. The number of sulfone groups is 1. The van der Waals surface area contributed by atoms with Crippen LogP contribution in [0.5, 0.6) is 0 Å². The maximum Gasteiger partial charge on any atom is 0.184 e. The smallest absolute Gasteiger partial charge is 0.184 e. The summed E-state index contributed by atoms with van der Waals surface area (Å²) in [6.45, 7) is 1.14. The van der Waals surface area contributed by atoms with Crippen LogP contribution < -0.4 is 0 Å². The highest BCUT2D eigenvalue weighted by molar-refractivity contribution is 7.93. The standard InChI is InChI=1S/C16H20O5S/c17-16(9-13-4-5-14(10-16)22(13,18)19)12-3-1-2-11(8-12)15-20-6-7-21-15/h1-3,8,13-15,17H,4-7,9-10H2. The number of ether oxygens (including phenoxy) is 2. The Morgan fingerprint density at radius 2 is 1.73 bits per heavy atom. The van der Waals surface area contributed by atoms with Crippen LogP contribution in [-0.4, -0.2) is 37.2 Å². The molecule has 2 atom stereocenters. The molecule has 6 heteroatoms. The largest absolute Gasteiger partial charge is 0.385 e. The van der Waals surface area contributed by atoms with Gasteiger partial charge in [-0.25, -0.2) is 8.42 Å². The molecule has 22 heavy (non-hydrogen) atoms. The van der Waals surface area contributed by atoms with Gasteiger partial charge >= 0.3 is 0 Å². The van der Waals surface area contributed by atoms with Crippen molar-refractivity contribution in [2.45, 2.75) is 48.1 Å². The molecule has 3 aliphatic rings. The third-order valence-corrected chi connectivity index (χ3v) is 7.85. The van der Waals surface area contributed by atoms with Crippen molar-refractivity contribution >= 4 is 9.84 Å². The van der Waals surface area contributed by atoms with Gasteiger partial charge in [0.05, 0.1) is 29.3 Å². The second-order valence-electron chi connectivity index (χ2n) is 6.55. The van der Waals surface area contributed by atoms with Gasteiger partial charge in [0.15, 0.2) is 16.1 Å². The topological polar surface area (TPSA) is 72.8 Å². The van der Waals surface area contributed by atoms with E-state index in [1.54, 1.807) is 0 Å². The zero-order chi connectivity index (χ0) is 15.4. The van der Waals surface area contributed by atoms with Crippen molar-refractivity contribution in [3.63, 3.8) is 0 Å². The molecule has 4 rings (SSSR count). The first kappa shape index (κ1) is 14.6. The molecule has 3 saturated heterocycles. The Kier molecular flexibility index (Phi) is 3.34. The molecule has 3 aliphatic heterocycles. The SMILES string of the molecule is O=S1(=O)C2CCC1CC(O)(c1cccc(C3OCCO3)c1)C2. The van der Waals surface area contributed by atoms with Crippen LogP contribution in [0.15, 0.2) is 24.3 Å². The van der Waals surface area contributed by atoms with Crippen molar-refractivity contribution in [1.29, 1.82) is 0 Å². The molecule has 1 aromatic carbocycles. The molecule has 1 aromatic rings. The van der Waals surface area contributed by atoms with E-state index in [-0.39, 0.29) is 6.29 Å². The zero-order valence-electron chi connectivity index (χ0n) is 12.3. The number of hydrogen-bond acceptors (Lipinski definition) is 5. The minimum Gasteiger partial charge on any atom is -0.385 e. The van der Waals surface area contributed by atoms with Gasteiger partial charge in [-0.05, 0) is 37.3 Å². The highest BCUT2D eigenvalue weighted by Crippen LogP contribution is 2.47. The van der Waals surface area contributed by atoms with E-state index in [9.17, 15) is 13.5 Å². The van der Waals surface area contributed by atoms with Crippen LogP contribution in [0.3, 0.4) is 0 Å². The number of aliphatic hydroxyl groups is 1. The summed E-state index contributed by atoms with van der Waals surface area (Å²) in [5.41, 5.74) is 0.589. The first-order valence-corrected chi connectivity index (χ1v) is 9.39. The van der Waals surface area contributed by atoms with E-state index in [1.807, 2.05) is 24.3 Å². The van der Waals surface area contributed by atoms with Crippen LogP contribution in [0.1, 0.15) is 43.1 Å². The molecular formula is C16H20O5S. The van der Waals surface area contributed by atoms with Crippen molar-refractivity contribution in [2.75, 3.05) is 13.2 Å². The van der Waals surface area contributed by atoms with Crippen molar-refractivity contribution < 1.29 is 23.0 Å². The zero-order valence-corrected chi connectivity index (χ0v) is 13.1. The van der Waals surface area contributed by atoms with E-state index in [0.717, 1.165) is 11.1 Å². The molecule has 5 nitrogen and oxygen atoms in total. The van der Waals surface area contributed by atoms with Gasteiger partial charge in [0.2, 0.25) is 0 Å². The summed E-state index contributed by atoms with van der Waals surface area (Å²) in [5.74, 6) is 0. The maximum absolute atomic E-state index is 12.2. The number of fused-ring (bicyclic) bond motifs is 2. The average Bonchev–Trinajstić information content (AvgIpc) is 3.06. The highest BCUT2D eigenvalue weighted by Gasteiger charge is 2.53. The fraction of sp³-hybridized carbons (Fsp3) is 0.625. The Labute approximate surface area is 130 Å². The predicted molar refractivity (Wildman–Crippen MR) is 79.9 cm³/mol. The third kappa shape index (κ3) is 2.21. The molecule has 0 saturated carbocycles. The van der Waals surface area contributed by atoms with Crippen LogP contribution in [0.2, 0.25) is 0 Å². The predicted octanol–water partition coefficient (Wildman–Crippen LogP) is 1.66. The molecule has 0 spiro atoms. The lowest BCUT2D eigenvalue weighted by Gasteiger charge is -2.36. The lowest BCUT2D eigenvalue weighted by Crippen LogP contribution is -2.43. The van der Waals surface area contributed by atoms with Crippen LogP contribution in [0.25, 0.3) is 0 Å². The minimum absolute atomic E-state index is 0.293. The molecule has 1 N–H and O–H groups in total. The molecule has 3 heterocycles. The van der Waals surface area contributed by atoms with Crippen molar-refractivity contribution in [1.82, 2.24) is 0 Å². The quantitative estimate of drug-likeness (QED) is 0.896. The highest BCUT2D eigenvalue weighted by atomic mass is 32.2. The first-order chi connectivity index (χ1) is 10.5. The van der Waals surface area contributed by atoms with Crippen molar-refractivity contribution in [3.05, 3.63) is 35.4 Å². The van der Waals surface area contributed by atoms with E-state index in [4.69, 9.17) is 9.47 Å². The summed E-state index contributed by atoms with van der Waals surface area (Å²) in [4.78, 5) is 0. The van der Waals surface area contributed by atoms with Gasteiger partial charge in [0.1, 0.15) is 0 Å². The molecule has 0 radical (unpaired) electrons. The van der Waals surface area contributed by atoms with Gasteiger partial charge < -0.3 is 14.6 Å². The summed E-state index contributed by atoms with van der Waals surface area (Å²) in [7, 11) is -3.04. The second kappa shape index (κ2) is 5.03. The Balaban J connectivity index is 1.66. The molecule has 3 fully saturated rings. The number of hydrogen-bond donors (Lipinski definition) is 1. The molecule has 2 bridgehead atoms. The van der Waals surface area contributed by atoms with Crippen molar-refractivity contribution in [3.8, 4) is 0 Å². The number of rotatable bonds is 2. The van der Waals surface area contributed by atoms with E-state index in [2.05, 4.69) is 0 Å². The maximum atomic E-state index is 12.2. The van der Waals surface area contributed by atoms with Gasteiger partial charge in [-0.3, -0.25) is 0 Å². The van der Waals surface area contributed by atoms with E-state index in [1.165, 1.54) is 0 Å². The Morgan fingerprint density at radius 3 is 2.36 bits per heavy atom. The molecular weight excluding hydrogens is 304 g/mol. The average molecular weight is 324 g/mol. The van der Waals surface area contributed by atoms with Crippen LogP contribution in [0.4, 0.5) is 0 Å². The first-order valence-electron chi connectivity index (χ1n) is 7.78. The van der Waals surface area contributed by atoms with Crippen LogP contribution >= 0.6 is 0 Å². The summed E-state index contributed by atoms with van der Waals surface area (Å²) in [5, 5.41) is 10.3. The Morgan fingerprint density at radius 1 is 1.09 bits per heavy atom. The summed E-state index contributed by atoms with van der Waals surface area (Å²) < 4.78 is 35.4. The molecule has 120 valence electrons. The van der Waals surface area contributed by atoms with Crippen LogP contribution in [-0.2, 0) is 24.9 Å². The summed E-state index contributed by atoms with van der Waals surface area (Å²) >= 11 is 0. The molecule has 2 unspecified atom stereocenters. The molecule has 0 aliphatic carbocycles. The van der Waals surface area contributed by atoms with E-state index < -0.39 is 25.9 Å². The van der Waals surface area contributed by atoms with Crippen molar-refractivity contribution in [2.24, 2.45) is 0 Å². The van der Waals surface area contributed by atoms with Gasteiger partial charge in [0.25, 0.3) is 0 Å². The lowest BCUT2D eigenvalue weighted by molar-refractivity contribution is -0.0446. The van der Waals surface area contributed by atoms with E-state index in [0.29, 0.717) is 38.9 Å². The van der Waals surface area contributed by atoms with Gasteiger partial charge in [-0.1, -0.05) is 18.2 Å². The van der Waals surface area contributed by atoms with Crippen LogP contribution in [0, 0.1) is 0 Å². The van der Waals surface area contributed by atoms with Gasteiger partial charge in [-0.2, -0.15) is 0 Å². The monoisotopic (exact) mass is 324 g/mol. The minimum atomic E-state index is -3.04. The van der Waals surface area contributed by atoms with Gasteiger partial charge in [0, 0.05) is 5.56 Å². The molecule has 0 amide bonds. The number of benzene rings is 1. The Bertz CT molecular complexity index is 658. The fourth-order valence-electron chi connectivity index (χ4n) is 4.01. The van der Waals surface area contributed by atoms with Gasteiger partial charge in [-0.15, -0.1) is 0 Å². The fourth-order valence-corrected chi connectivity index (χ4v) is 6.50. The third-order valence-electron chi connectivity index (χ3n) is 5.19. The normalized spacial score (nSPS) is 37.5. The second-order valence-corrected chi connectivity index (χ2v) is 9.06. The summed E-state index contributed by atoms with van der Waals surface area (Å²) in [6, 6.07) is 7.55. The summed E-state index contributed by atoms with van der Waals surface area (Å²) in [6.07, 6.45) is 1.55.